The van der Waals surface area contributed by atoms with Crippen molar-refractivity contribution in [3.63, 3.8) is 0 Å². The van der Waals surface area contributed by atoms with Crippen LogP contribution in [0.4, 0.5) is 4.39 Å². The van der Waals surface area contributed by atoms with Crippen LogP contribution in [0, 0.1) is 9.39 Å². The molecule has 0 aliphatic heterocycles. The van der Waals surface area contributed by atoms with Gasteiger partial charge >= 0.3 is 0 Å². The first-order valence-corrected chi connectivity index (χ1v) is 4.77. The van der Waals surface area contributed by atoms with Crippen molar-refractivity contribution in [3.8, 4) is 0 Å². The lowest BCUT2D eigenvalue weighted by Gasteiger charge is -1.99. The van der Waals surface area contributed by atoms with E-state index >= 15 is 0 Å². The summed E-state index contributed by atoms with van der Waals surface area (Å²) >= 11 is 9.04. The molecule has 0 bridgehead atoms. The molecule has 0 aliphatic carbocycles. The van der Waals surface area contributed by atoms with E-state index in [1.165, 1.54) is 0 Å². The Balaban J connectivity index is 3.34. The molecule has 0 amide bonds. The normalized spacial score (nSPS) is 10.0. The van der Waals surface area contributed by atoms with Gasteiger partial charge in [0.1, 0.15) is 0 Å². The summed E-state index contributed by atoms with van der Waals surface area (Å²) in [4.78, 5) is 0.368. The molecular formula is C6H3BrFIS. The second-order valence-electron chi connectivity index (χ2n) is 1.69. The number of thiol groups is 1. The Morgan fingerprint density at radius 3 is 2.60 bits per heavy atom. The first kappa shape index (κ1) is 8.80. The number of rotatable bonds is 0. The lowest BCUT2D eigenvalue weighted by Crippen LogP contribution is -1.83. The van der Waals surface area contributed by atoms with Crippen LogP contribution in [0.2, 0.25) is 0 Å². The molecule has 0 saturated heterocycles. The Bertz CT molecular complexity index is 237. The van der Waals surface area contributed by atoms with Gasteiger partial charge in [-0.3, -0.25) is 0 Å². The zero-order valence-electron chi connectivity index (χ0n) is 4.74. The summed E-state index contributed by atoms with van der Waals surface area (Å²) in [7, 11) is 0. The molecule has 0 fully saturated rings. The molecule has 0 spiro atoms. The van der Waals surface area contributed by atoms with Gasteiger partial charge in [-0.15, -0.1) is 12.6 Å². The van der Waals surface area contributed by atoms with Crippen LogP contribution in [0.3, 0.4) is 0 Å². The fourth-order valence-corrected chi connectivity index (χ4v) is 1.68. The second kappa shape index (κ2) is 3.40. The van der Waals surface area contributed by atoms with Crippen LogP contribution in [0.15, 0.2) is 21.5 Å². The molecule has 1 rings (SSSR count). The van der Waals surface area contributed by atoms with Crippen molar-refractivity contribution >= 4 is 51.1 Å². The Morgan fingerprint density at radius 1 is 1.50 bits per heavy atom. The summed E-state index contributed by atoms with van der Waals surface area (Å²) in [5.74, 6) is -0.265. The smallest absolute Gasteiger partial charge is 0.150 e. The minimum absolute atomic E-state index is 0.265. The third kappa shape index (κ3) is 1.65. The summed E-state index contributed by atoms with van der Waals surface area (Å²) in [6.07, 6.45) is 0. The van der Waals surface area contributed by atoms with E-state index in [2.05, 4.69) is 28.6 Å². The maximum atomic E-state index is 12.9. The van der Waals surface area contributed by atoms with Crippen molar-refractivity contribution in [2.45, 2.75) is 4.90 Å². The molecule has 0 saturated carbocycles. The highest BCUT2D eigenvalue weighted by Crippen LogP contribution is 2.26. The zero-order valence-corrected chi connectivity index (χ0v) is 9.37. The molecule has 10 heavy (non-hydrogen) atoms. The van der Waals surface area contributed by atoms with Crippen LogP contribution in [-0.4, -0.2) is 0 Å². The minimum Gasteiger partial charge on any atom is -0.205 e. The summed E-state index contributed by atoms with van der Waals surface area (Å²) in [6.45, 7) is 0. The van der Waals surface area contributed by atoms with Crippen molar-refractivity contribution in [1.29, 1.82) is 0 Å². The highest BCUT2D eigenvalue weighted by molar-refractivity contribution is 14.1. The molecule has 0 aromatic heterocycles. The van der Waals surface area contributed by atoms with E-state index in [0.717, 1.165) is 0 Å². The van der Waals surface area contributed by atoms with Crippen LogP contribution < -0.4 is 0 Å². The van der Waals surface area contributed by atoms with Crippen LogP contribution in [0.1, 0.15) is 0 Å². The van der Waals surface area contributed by atoms with E-state index in [4.69, 9.17) is 0 Å². The molecule has 0 nitrogen and oxygen atoms in total. The number of benzene rings is 1. The average molecular weight is 333 g/mol. The van der Waals surface area contributed by atoms with Crippen molar-refractivity contribution in [1.82, 2.24) is 0 Å². The summed E-state index contributed by atoms with van der Waals surface area (Å²) in [5, 5.41) is 0. The fraction of sp³-hybridized carbons (Fsp3) is 0. The monoisotopic (exact) mass is 332 g/mol. The van der Waals surface area contributed by atoms with Crippen molar-refractivity contribution in [2.75, 3.05) is 0 Å². The molecule has 0 aliphatic rings. The summed E-state index contributed by atoms with van der Waals surface area (Å²) < 4.78 is 14.2. The highest BCUT2D eigenvalue weighted by Gasteiger charge is 2.05. The molecule has 0 N–H and O–H groups in total. The Hall–Kier alpha value is 0.710. The van der Waals surface area contributed by atoms with Crippen LogP contribution >= 0.6 is 51.1 Å². The lowest BCUT2D eigenvalue weighted by atomic mass is 10.3. The maximum Gasteiger partial charge on any atom is 0.150 e. The van der Waals surface area contributed by atoms with Gasteiger partial charge in [0.05, 0.1) is 4.90 Å². The maximum absolute atomic E-state index is 12.9. The molecule has 54 valence electrons. The van der Waals surface area contributed by atoms with Crippen LogP contribution in [0.25, 0.3) is 0 Å². The quantitative estimate of drug-likeness (QED) is 0.420. The first-order chi connectivity index (χ1) is 4.63. The molecule has 0 unspecified atom stereocenters. The van der Waals surface area contributed by atoms with Crippen molar-refractivity contribution < 1.29 is 4.39 Å². The molecule has 0 radical (unpaired) electrons. The average Bonchev–Trinajstić information content (AvgIpc) is 1.93. The Kier molecular flexibility index (Phi) is 3.00. The van der Waals surface area contributed by atoms with E-state index in [0.29, 0.717) is 12.9 Å². The minimum atomic E-state index is -0.265. The van der Waals surface area contributed by atoms with E-state index in [9.17, 15) is 4.39 Å². The number of halogens is 3. The van der Waals surface area contributed by atoms with Gasteiger partial charge < -0.3 is 0 Å². The van der Waals surface area contributed by atoms with E-state index < -0.39 is 0 Å². The van der Waals surface area contributed by atoms with Crippen LogP contribution in [-0.2, 0) is 0 Å². The van der Waals surface area contributed by atoms with Gasteiger partial charge in [0.25, 0.3) is 0 Å². The van der Waals surface area contributed by atoms with Gasteiger partial charge in [-0.05, 0) is 50.7 Å². The van der Waals surface area contributed by atoms with Gasteiger partial charge in [0.15, 0.2) is 5.82 Å². The lowest BCUT2D eigenvalue weighted by molar-refractivity contribution is 0.593. The molecular weight excluding hydrogens is 330 g/mol. The van der Waals surface area contributed by atoms with Gasteiger partial charge in [-0.1, -0.05) is 0 Å². The predicted molar refractivity (Wildman–Crippen MR) is 54.1 cm³/mol. The number of hydrogen-bond donors (Lipinski definition) is 1. The van der Waals surface area contributed by atoms with E-state index in [-0.39, 0.29) is 5.82 Å². The Labute approximate surface area is 85.9 Å². The second-order valence-corrected chi connectivity index (χ2v) is 4.16. The molecule has 0 heterocycles. The summed E-state index contributed by atoms with van der Waals surface area (Å²) in [6, 6.07) is 3.47. The summed E-state index contributed by atoms with van der Waals surface area (Å²) in [5.41, 5.74) is 0. The number of hydrogen-bond acceptors (Lipinski definition) is 1. The molecule has 1 aromatic carbocycles. The van der Waals surface area contributed by atoms with Crippen molar-refractivity contribution in [2.24, 2.45) is 0 Å². The largest absolute Gasteiger partial charge is 0.205 e. The molecule has 4 heteroatoms. The topological polar surface area (TPSA) is 0 Å². The van der Waals surface area contributed by atoms with E-state index in [1.54, 1.807) is 12.1 Å². The Morgan fingerprint density at radius 2 is 2.10 bits per heavy atom. The van der Waals surface area contributed by atoms with Gasteiger partial charge in [-0.2, -0.15) is 0 Å². The van der Waals surface area contributed by atoms with Crippen LogP contribution in [0.5, 0.6) is 0 Å². The third-order valence-electron chi connectivity index (χ3n) is 1.02. The fourth-order valence-electron chi connectivity index (χ4n) is 0.516. The third-order valence-corrected chi connectivity index (χ3v) is 3.26. The zero-order chi connectivity index (χ0) is 7.72. The standard InChI is InChI=1S/C6H3BrFIS/c7-3-1-2-4(9)5(8)6(3)10/h1-2,10H. The van der Waals surface area contributed by atoms with Gasteiger partial charge in [-0.25, -0.2) is 4.39 Å². The molecule has 1 aromatic rings. The predicted octanol–water partition coefficient (Wildman–Crippen LogP) is 3.48. The first-order valence-electron chi connectivity index (χ1n) is 2.45. The van der Waals surface area contributed by atoms with Gasteiger partial charge in [0, 0.05) is 8.04 Å². The van der Waals surface area contributed by atoms with E-state index in [1.807, 2.05) is 22.6 Å². The SMILES string of the molecule is Fc1c(I)ccc(Br)c1S. The van der Waals surface area contributed by atoms with Gasteiger partial charge in [0.2, 0.25) is 0 Å². The molecule has 0 atom stereocenters. The van der Waals surface area contributed by atoms with Crippen molar-refractivity contribution in [3.05, 3.63) is 26.0 Å². The highest BCUT2D eigenvalue weighted by atomic mass is 127.